The molecule has 6 atom stereocenters. The Labute approximate surface area is 226 Å². The summed E-state index contributed by atoms with van der Waals surface area (Å²) in [4.78, 5) is 37.7. The summed E-state index contributed by atoms with van der Waals surface area (Å²) in [6.45, 7) is 4.23. The van der Waals surface area contributed by atoms with Gasteiger partial charge in [0.2, 0.25) is 5.95 Å². The van der Waals surface area contributed by atoms with Crippen molar-refractivity contribution in [1.82, 2.24) is 24.6 Å². The van der Waals surface area contributed by atoms with E-state index in [0.29, 0.717) is 0 Å². The van der Waals surface area contributed by atoms with Crippen molar-refractivity contribution in [1.29, 1.82) is 0 Å². The van der Waals surface area contributed by atoms with Crippen LogP contribution < -0.4 is 20.9 Å². The van der Waals surface area contributed by atoms with Crippen molar-refractivity contribution < 1.29 is 33.0 Å². The molecule has 0 radical (unpaired) electrons. The molecule has 1 aromatic carbocycles. The normalized spacial score (nSPS) is 22.9. The number of hydrogen-bond donors (Lipinski definition) is 4. The Kier molecular flexibility index (Phi) is 8.73. The number of carbonyl (C=O) groups is 1. The second-order valence-corrected chi connectivity index (χ2v) is 10.8. The van der Waals surface area contributed by atoms with Crippen molar-refractivity contribution in [3.8, 4) is 5.75 Å². The molecule has 5 N–H and O–H groups in total. The maximum atomic E-state index is 13.8. The fourth-order valence-corrected chi connectivity index (χ4v) is 5.42. The molecular formula is C22H28N9O8P. The summed E-state index contributed by atoms with van der Waals surface area (Å²) >= 11 is 0. The van der Waals surface area contributed by atoms with E-state index >= 15 is 0 Å². The van der Waals surface area contributed by atoms with Crippen molar-refractivity contribution in [2.45, 2.75) is 57.4 Å². The van der Waals surface area contributed by atoms with Gasteiger partial charge in [0.25, 0.3) is 5.56 Å². The van der Waals surface area contributed by atoms with Crippen LogP contribution in [0.3, 0.4) is 0 Å². The molecule has 0 aliphatic carbocycles. The van der Waals surface area contributed by atoms with Crippen LogP contribution in [0.1, 0.15) is 27.0 Å². The van der Waals surface area contributed by atoms with Crippen LogP contribution in [0.15, 0.2) is 46.6 Å². The average molecular weight is 577 g/mol. The molecule has 3 aromatic rings. The molecule has 1 aliphatic heterocycles. The molecule has 214 valence electrons. The third kappa shape index (κ3) is 6.42. The predicted molar refractivity (Wildman–Crippen MR) is 140 cm³/mol. The number of rotatable bonds is 11. The lowest BCUT2D eigenvalue weighted by Crippen LogP contribution is -2.37. The van der Waals surface area contributed by atoms with Gasteiger partial charge in [0.1, 0.15) is 30.2 Å². The highest BCUT2D eigenvalue weighted by molar-refractivity contribution is 7.52. The number of fused-ring (bicyclic) bond motifs is 1. The molecule has 3 heterocycles. The van der Waals surface area contributed by atoms with E-state index in [1.807, 2.05) is 0 Å². The van der Waals surface area contributed by atoms with Crippen molar-refractivity contribution in [3.05, 3.63) is 57.5 Å². The highest BCUT2D eigenvalue weighted by atomic mass is 31.2. The number of aromatic nitrogens is 4. The number of nitrogens with zero attached hydrogens (tertiary/aromatic N) is 6. The number of ether oxygens (including phenoxy) is 2. The van der Waals surface area contributed by atoms with Crippen LogP contribution in [-0.4, -0.2) is 67.6 Å². The third-order valence-corrected chi connectivity index (χ3v) is 7.33. The van der Waals surface area contributed by atoms with Gasteiger partial charge in [-0.3, -0.25) is 23.7 Å². The third-order valence-electron chi connectivity index (χ3n) is 5.68. The zero-order valence-corrected chi connectivity index (χ0v) is 22.5. The molecule has 18 heteroatoms. The first-order chi connectivity index (χ1) is 19.0. The lowest BCUT2D eigenvalue weighted by Gasteiger charge is -2.25. The summed E-state index contributed by atoms with van der Waals surface area (Å²) in [5.41, 5.74) is 14.1. The van der Waals surface area contributed by atoms with E-state index in [0.717, 1.165) is 0 Å². The number of aromatic amines is 1. The maximum absolute atomic E-state index is 13.8. The number of nitrogens with one attached hydrogen (secondary N) is 2. The van der Waals surface area contributed by atoms with Crippen LogP contribution in [-0.2, 0) is 23.4 Å². The molecule has 0 unspecified atom stereocenters. The Balaban J connectivity index is 1.58. The van der Waals surface area contributed by atoms with E-state index in [1.54, 1.807) is 32.0 Å². The maximum Gasteiger partial charge on any atom is 0.459 e. The Morgan fingerprint density at radius 1 is 1.38 bits per heavy atom. The number of esters is 1. The van der Waals surface area contributed by atoms with Gasteiger partial charge in [-0.1, -0.05) is 23.3 Å². The van der Waals surface area contributed by atoms with Gasteiger partial charge in [-0.2, -0.15) is 10.1 Å². The lowest BCUT2D eigenvalue weighted by molar-refractivity contribution is -0.149. The van der Waals surface area contributed by atoms with Crippen LogP contribution in [0, 0.1) is 0 Å². The van der Waals surface area contributed by atoms with E-state index in [4.69, 9.17) is 29.8 Å². The zero-order chi connectivity index (χ0) is 29.0. The lowest BCUT2D eigenvalue weighted by atomic mass is 10.1. The first-order valence-corrected chi connectivity index (χ1v) is 13.6. The minimum atomic E-state index is -4.28. The number of azide groups is 1. The van der Waals surface area contributed by atoms with Gasteiger partial charge in [0.05, 0.1) is 25.1 Å². The van der Waals surface area contributed by atoms with Gasteiger partial charge >= 0.3 is 13.7 Å². The van der Waals surface area contributed by atoms with Gasteiger partial charge < -0.3 is 24.8 Å². The number of aliphatic hydroxyl groups excluding tert-OH is 1. The molecule has 40 heavy (non-hydrogen) atoms. The monoisotopic (exact) mass is 577 g/mol. The fraction of sp³-hybridized carbons (Fsp3) is 0.455. The summed E-state index contributed by atoms with van der Waals surface area (Å²) in [7, 11) is -4.28. The van der Waals surface area contributed by atoms with Crippen molar-refractivity contribution >= 4 is 30.8 Å². The summed E-state index contributed by atoms with van der Waals surface area (Å²) < 4.78 is 37.3. The topological polar surface area (TPSA) is 242 Å². The largest absolute Gasteiger partial charge is 0.462 e. The van der Waals surface area contributed by atoms with Gasteiger partial charge in [-0.05, 0) is 38.4 Å². The number of H-pyrrole nitrogens is 1. The summed E-state index contributed by atoms with van der Waals surface area (Å²) in [6, 6.07) is 5.78. The highest BCUT2D eigenvalue weighted by Gasteiger charge is 2.46. The number of imidazole rings is 1. The van der Waals surface area contributed by atoms with E-state index in [2.05, 4.69) is 30.1 Å². The van der Waals surface area contributed by atoms with Crippen molar-refractivity contribution in [2.75, 3.05) is 12.3 Å². The van der Waals surface area contributed by atoms with Crippen molar-refractivity contribution in [2.24, 2.45) is 5.11 Å². The molecule has 17 nitrogen and oxygen atoms in total. The van der Waals surface area contributed by atoms with Gasteiger partial charge in [-0.15, -0.1) is 0 Å². The van der Waals surface area contributed by atoms with E-state index in [9.17, 15) is 19.3 Å². The minimum absolute atomic E-state index is 0.0235. The quantitative estimate of drug-likeness (QED) is 0.0838. The molecule has 1 aliphatic rings. The molecule has 4 rings (SSSR count). The summed E-state index contributed by atoms with van der Waals surface area (Å²) in [6.07, 6.45) is -3.03. The second kappa shape index (κ2) is 12.0. The second-order valence-electron chi connectivity index (χ2n) is 9.06. The molecular weight excluding hydrogens is 549 g/mol. The Bertz CT molecular complexity index is 1510. The smallest absolute Gasteiger partial charge is 0.459 e. The number of nitrogens with two attached hydrogens (primary N) is 1. The van der Waals surface area contributed by atoms with Crippen LogP contribution in [0.2, 0.25) is 0 Å². The van der Waals surface area contributed by atoms with Gasteiger partial charge in [0, 0.05) is 4.91 Å². The van der Waals surface area contributed by atoms with E-state index in [-0.39, 0.29) is 22.9 Å². The average Bonchev–Trinajstić information content (AvgIpc) is 3.44. The molecule has 0 saturated carbocycles. The Morgan fingerprint density at radius 3 is 2.77 bits per heavy atom. The van der Waals surface area contributed by atoms with Crippen LogP contribution in [0.4, 0.5) is 5.95 Å². The number of para-hydroxylation sites is 1. The van der Waals surface area contributed by atoms with Crippen molar-refractivity contribution in [3.63, 3.8) is 0 Å². The van der Waals surface area contributed by atoms with Crippen LogP contribution in [0.5, 0.6) is 5.75 Å². The number of anilines is 1. The zero-order valence-electron chi connectivity index (χ0n) is 21.6. The van der Waals surface area contributed by atoms with E-state index in [1.165, 1.54) is 30.0 Å². The molecule has 2 aromatic heterocycles. The van der Waals surface area contributed by atoms with Gasteiger partial charge in [0.15, 0.2) is 11.2 Å². The SMILES string of the molecule is CC(C)OC(=O)[C@@H](C)N[P@@](=O)(OC[C@H]1O[C@@H](n2cnc3c(=O)[nH]c(N)nc32)[C@H](N=[N+]=[N-])[C@@H]1O)Oc1ccccc1. The summed E-state index contributed by atoms with van der Waals surface area (Å²) in [5, 5.41) is 17.1. The number of benzene rings is 1. The standard InChI is InChI=1S/C22H28N9O8P/c1-11(2)37-21(34)12(3)29-40(35,39-13-7-5-4-6-8-13)36-9-14-17(32)15(28-30-24)20(38-14)31-10-25-16-18(31)26-22(23)27-19(16)33/h4-8,10-12,14-15,17,20,32H,9H2,1-3H3,(H,29,35)(H3,23,26,27,33)/t12-,14-,15-,17-,20-,40-/m1/s1. The molecule has 0 bridgehead atoms. The molecule has 1 fully saturated rings. The Morgan fingerprint density at radius 2 is 2.10 bits per heavy atom. The molecule has 1 saturated heterocycles. The number of aliphatic hydroxyl groups is 1. The Hall–Kier alpha value is -3.98. The number of carbonyl (C=O) groups excluding carboxylic acids is 1. The van der Waals surface area contributed by atoms with E-state index < -0.39 is 62.5 Å². The first kappa shape index (κ1) is 29.0. The predicted octanol–water partition coefficient (Wildman–Crippen LogP) is 1.77. The fourth-order valence-electron chi connectivity index (χ4n) is 3.92. The van der Waals surface area contributed by atoms with Crippen LogP contribution in [0.25, 0.3) is 21.6 Å². The van der Waals surface area contributed by atoms with Crippen LogP contribution >= 0.6 is 7.75 Å². The minimum Gasteiger partial charge on any atom is -0.462 e. The first-order valence-electron chi connectivity index (χ1n) is 12.1. The summed E-state index contributed by atoms with van der Waals surface area (Å²) in [5.74, 6) is -0.697. The number of hydrogen-bond acceptors (Lipinski definition) is 12. The highest BCUT2D eigenvalue weighted by Crippen LogP contribution is 2.46. The molecule has 0 amide bonds. The number of nitrogen functional groups attached to an aromatic ring is 1. The molecule has 0 spiro atoms. The van der Waals surface area contributed by atoms with Gasteiger partial charge in [-0.25, -0.2) is 9.55 Å².